The van der Waals surface area contributed by atoms with Crippen LogP contribution in [0.25, 0.3) is 0 Å². The Kier molecular flexibility index (Phi) is 9.14. The number of aryl methyl sites for hydroxylation is 2. The van der Waals surface area contributed by atoms with E-state index in [9.17, 15) is 0 Å². The number of nitrogens with one attached hydrogen (secondary N) is 2. The van der Waals surface area contributed by atoms with Gasteiger partial charge in [-0.25, -0.2) is 9.97 Å². The van der Waals surface area contributed by atoms with Gasteiger partial charge < -0.3 is 10.6 Å². The molecule has 2 N–H and O–H groups in total. The molecule has 0 spiro atoms. The van der Waals surface area contributed by atoms with Gasteiger partial charge in [-0.05, 0) is 13.8 Å². The molecule has 0 atom stereocenters. The van der Waals surface area contributed by atoms with Gasteiger partial charge in [0.25, 0.3) is 0 Å². The van der Waals surface area contributed by atoms with Crippen molar-refractivity contribution >= 4 is 52.6 Å². The van der Waals surface area contributed by atoms with Crippen LogP contribution in [-0.4, -0.2) is 29.5 Å². The van der Waals surface area contributed by atoms with Crippen molar-refractivity contribution in [2.45, 2.75) is 46.6 Å². The van der Waals surface area contributed by atoms with Crippen LogP contribution in [0.5, 0.6) is 0 Å². The molecule has 0 aliphatic rings. The third kappa shape index (κ3) is 6.29. The number of hydrogen-bond acceptors (Lipinski definition) is 5. The molecule has 2 heterocycles. The van der Waals surface area contributed by atoms with Crippen LogP contribution in [0.3, 0.4) is 0 Å². The Bertz CT molecular complexity index is 644. The van der Waals surface area contributed by atoms with Gasteiger partial charge in [-0.1, -0.05) is 13.8 Å². The van der Waals surface area contributed by atoms with Gasteiger partial charge in [0.05, 0.1) is 27.9 Å². The number of aliphatic imine (C=N–C) groups is 1. The van der Waals surface area contributed by atoms with Crippen LogP contribution in [0.15, 0.2) is 10.4 Å². The van der Waals surface area contributed by atoms with Gasteiger partial charge in [0, 0.05) is 36.2 Å². The first-order valence-corrected chi connectivity index (χ1v) is 9.51. The second-order valence-electron chi connectivity index (χ2n) is 5.68. The summed E-state index contributed by atoms with van der Waals surface area (Å²) in [7, 11) is 1.79. The summed E-state index contributed by atoms with van der Waals surface area (Å²) in [5, 5.41) is 11.1. The van der Waals surface area contributed by atoms with E-state index in [0.717, 1.165) is 30.3 Å². The van der Waals surface area contributed by atoms with Crippen molar-refractivity contribution in [1.82, 2.24) is 20.6 Å². The van der Waals surface area contributed by atoms with Gasteiger partial charge in [-0.3, -0.25) is 4.99 Å². The largest absolute Gasteiger partial charge is 0.356 e. The molecule has 0 fully saturated rings. The van der Waals surface area contributed by atoms with Crippen LogP contribution in [-0.2, 0) is 13.0 Å². The number of thiazole rings is 2. The molecule has 24 heavy (non-hydrogen) atoms. The second kappa shape index (κ2) is 10.3. The lowest BCUT2D eigenvalue weighted by molar-refractivity contribution is 0.774. The van der Waals surface area contributed by atoms with Crippen molar-refractivity contribution in [3.63, 3.8) is 0 Å². The SMILES string of the molecule is CN=C(NCCc1nc(C)c(C)s1)NCc1csc(C(C)C)n1.I. The standard InChI is InChI=1S/C16H25N5S2.HI/c1-10(2)15-21-13(9-22-15)8-19-16(17-5)18-7-6-14-20-11(3)12(4)23-14;/h9-10H,6-8H2,1-5H3,(H2,17,18,19);1H. The Morgan fingerprint density at radius 2 is 2.00 bits per heavy atom. The first-order chi connectivity index (χ1) is 11.0. The van der Waals surface area contributed by atoms with Crippen molar-refractivity contribution in [2.24, 2.45) is 4.99 Å². The molecule has 8 heteroatoms. The maximum absolute atomic E-state index is 4.62. The van der Waals surface area contributed by atoms with Crippen molar-refractivity contribution in [3.05, 3.63) is 31.7 Å². The molecule has 0 aliphatic carbocycles. The highest BCUT2D eigenvalue weighted by molar-refractivity contribution is 14.0. The van der Waals surface area contributed by atoms with Crippen molar-refractivity contribution in [2.75, 3.05) is 13.6 Å². The topological polar surface area (TPSA) is 62.2 Å². The number of rotatable bonds is 6. The Morgan fingerprint density at radius 3 is 2.54 bits per heavy atom. The molecular formula is C16H26IN5S2. The average molecular weight is 479 g/mol. The summed E-state index contributed by atoms with van der Waals surface area (Å²) >= 11 is 3.49. The smallest absolute Gasteiger partial charge is 0.191 e. The van der Waals surface area contributed by atoms with E-state index < -0.39 is 0 Å². The molecule has 134 valence electrons. The molecule has 2 aromatic rings. The molecule has 0 saturated heterocycles. The van der Waals surface area contributed by atoms with Crippen molar-refractivity contribution in [1.29, 1.82) is 0 Å². The predicted molar refractivity (Wildman–Crippen MR) is 115 cm³/mol. The maximum Gasteiger partial charge on any atom is 0.191 e. The van der Waals surface area contributed by atoms with Gasteiger partial charge in [0.2, 0.25) is 0 Å². The lowest BCUT2D eigenvalue weighted by atomic mass is 10.2. The fourth-order valence-corrected chi connectivity index (χ4v) is 3.77. The highest BCUT2D eigenvalue weighted by atomic mass is 127. The summed E-state index contributed by atoms with van der Waals surface area (Å²) in [6, 6.07) is 0. The number of aromatic nitrogens is 2. The molecule has 0 bridgehead atoms. The molecule has 0 amide bonds. The van der Waals surface area contributed by atoms with Crippen LogP contribution in [0.1, 0.15) is 46.0 Å². The molecule has 0 aliphatic heterocycles. The van der Waals surface area contributed by atoms with Crippen LogP contribution >= 0.6 is 46.7 Å². The molecule has 0 unspecified atom stereocenters. The number of nitrogens with zero attached hydrogens (tertiary/aromatic N) is 3. The Morgan fingerprint density at radius 1 is 1.25 bits per heavy atom. The first kappa shape index (κ1) is 21.3. The van der Waals surface area contributed by atoms with Gasteiger partial charge in [-0.15, -0.1) is 46.7 Å². The first-order valence-electron chi connectivity index (χ1n) is 7.81. The fourth-order valence-electron chi connectivity index (χ4n) is 2.00. The Balaban J connectivity index is 0.00000288. The summed E-state index contributed by atoms with van der Waals surface area (Å²) in [6.07, 6.45) is 0.911. The molecular weight excluding hydrogens is 453 g/mol. The quantitative estimate of drug-likeness (QED) is 0.375. The van der Waals surface area contributed by atoms with E-state index >= 15 is 0 Å². The number of guanidine groups is 1. The van der Waals surface area contributed by atoms with Crippen LogP contribution in [0, 0.1) is 13.8 Å². The third-order valence-electron chi connectivity index (χ3n) is 3.43. The van der Waals surface area contributed by atoms with Crippen LogP contribution in [0.2, 0.25) is 0 Å². The third-order valence-corrected chi connectivity index (χ3v) is 5.75. The van der Waals surface area contributed by atoms with Gasteiger partial charge in [0.1, 0.15) is 0 Å². The number of hydrogen-bond donors (Lipinski definition) is 2. The van der Waals surface area contributed by atoms with Gasteiger partial charge in [-0.2, -0.15) is 0 Å². The molecule has 0 aromatic carbocycles. The van der Waals surface area contributed by atoms with Crippen molar-refractivity contribution < 1.29 is 0 Å². The van der Waals surface area contributed by atoms with E-state index in [1.807, 2.05) is 0 Å². The zero-order chi connectivity index (χ0) is 16.8. The normalized spacial score (nSPS) is 11.5. The van der Waals surface area contributed by atoms with Crippen LogP contribution in [0.4, 0.5) is 0 Å². The summed E-state index contributed by atoms with van der Waals surface area (Å²) in [5.41, 5.74) is 2.20. The molecule has 2 aromatic heterocycles. The molecule has 2 rings (SSSR count). The van der Waals surface area contributed by atoms with E-state index in [1.54, 1.807) is 29.7 Å². The lowest BCUT2D eigenvalue weighted by Crippen LogP contribution is -2.37. The zero-order valence-corrected chi connectivity index (χ0v) is 18.8. The van der Waals surface area contributed by atoms with E-state index in [1.165, 1.54) is 14.9 Å². The summed E-state index contributed by atoms with van der Waals surface area (Å²) in [4.78, 5) is 14.7. The van der Waals surface area contributed by atoms with E-state index in [0.29, 0.717) is 12.5 Å². The highest BCUT2D eigenvalue weighted by Gasteiger charge is 2.07. The Hall–Kier alpha value is -0.740. The predicted octanol–water partition coefficient (Wildman–Crippen LogP) is 3.87. The summed E-state index contributed by atoms with van der Waals surface area (Å²) in [6.45, 7) is 10.0. The Labute approximate surface area is 169 Å². The molecule has 5 nitrogen and oxygen atoms in total. The van der Waals surface area contributed by atoms with Gasteiger partial charge in [0.15, 0.2) is 5.96 Å². The monoisotopic (exact) mass is 479 g/mol. The maximum atomic E-state index is 4.62. The average Bonchev–Trinajstić information content (AvgIpc) is 3.10. The van der Waals surface area contributed by atoms with Gasteiger partial charge >= 0.3 is 0 Å². The lowest BCUT2D eigenvalue weighted by Gasteiger charge is -2.10. The second-order valence-corrected chi connectivity index (χ2v) is 7.86. The zero-order valence-electron chi connectivity index (χ0n) is 14.8. The van der Waals surface area contributed by atoms with E-state index in [4.69, 9.17) is 0 Å². The van der Waals surface area contributed by atoms with Crippen LogP contribution < -0.4 is 10.6 Å². The molecule has 0 radical (unpaired) electrons. The highest BCUT2D eigenvalue weighted by Crippen LogP contribution is 2.19. The fraction of sp³-hybridized carbons (Fsp3) is 0.562. The summed E-state index contributed by atoms with van der Waals surface area (Å²) in [5.74, 6) is 1.28. The van der Waals surface area contributed by atoms with E-state index in [-0.39, 0.29) is 24.0 Å². The summed E-state index contributed by atoms with van der Waals surface area (Å²) < 4.78 is 0. The number of halogens is 1. The minimum Gasteiger partial charge on any atom is -0.356 e. The van der Waals surface area contributed by atoms with E-state index in [2.05, 4.69) is 58.7 Å². The molecule has 0 saturated carbocycles. The minimum atomic E-state index is 0. The minimum absolute atomic E-state index is 0. The van der Waals surface area contributed by atoms with Crippen molar-refractivity contribution in [3.8, 4) is 0 Å².